The van der Waals surface area contributed by atoms with Crippen LogP contribution in [0.3, 0.4) is 0 Å². The molecule has 0 unspecified atom stereocenters. The topological polar surface area (TPSA) is 68.8 Å². The zero-order valence-corrected chi connectivity index (χ0v) is 16.5. The molecule has 8 atom stereocenters. The molecule has 0 aliphatic carbocycles. The fraction of sp³-hybridized carbons (Fsp3) is 0.619. The smallest absolute Gasteiger partial charge is 0.133 e. The van der Waals surface area contributed by atoms with E-state index in [1.165, 1.54) is 5.69 Å². The van der Waals surface area contributed by atoms with Gasteiger partial charge in [-0.2, -0.15) is 0 Å². The summed E-state index contributed by atoms with van der Waals surface area (Å²) in [7, 11) is 1.61. The molecule has 5 heterocycles. The Morgan fingerprint density at radius 1 is 1.11 bits per heavy atom. The second-order valence-electron chi connectivity index (χ2n) is 8.46. The molecule has 3 aliphatic rings. The summed E-state index contributed by atoms with van der Waals surface area (Å²) in [6.45, 7) is 8.08. The highest BCUT2D eigenvalue weighted by Gasteiger charge is 2.69. The van der Waals surface area contributed by atoms with Gasteiger partial charge < -0.3 is 28.8 Å². The highest BCUT2D eigenvalue weighted by atomic mass is 16.6. The van der Waals surface area contributed by atoms with Gasteiger partial charge in [-0.25, -0.2) is 0 Å². The number of fused-ring (bicyclic) bond motifs is 2. The molecule has 4 bridgehead atoms. The second-order valence-corrected chi connectivity index (χ2v) is 8.46. The third-order valence-electron chi connectivity index (χ3n) is 7.26. The maximum absolute atomic E-state index is 11.5. The minimum Gasteiger partial charge on any atom is -0.390 e. The first-order chi connectivity index (χ1) is 12.8. The predicted octanol–water partition coefficient (Wildman–Crippen LogP) is 2.39. The summed E-state index contributed by atoms with van der Waals surface area (Å²) >= 11 is 0. The number of rotatable bonds is 2. The van der Waals surface area contributed by atoms with Gasteiger partial charge in [0, 0.05) is 24.2 Å². The Morgan fingerprint density at radius 3 is 2.37 bits per heavy atom. The fourth-order valence-corrected chi connectivity index (χ4v) is 6.16. The van der Waals surface area contributed by atoms with Crippen LogP contribution >= 0.6 is 0 Å². The molecule has 3 aliphatic heterocycles. The quantitative estimate of drug-likeness (QED) is 0.849. The lowest BCUT2D eigenvalue weighted by Crippen LogP contribution is -2.56. The molecule has 2 aromatic rings. The molecule has 5 rings (SSSR count). The van der Waals surface area contributed by atoms with Crippen LogP contribution in [0.4, 0.5) is 0 Å². The van der Waals surface area contributed by atoms with Gasteiger partial charge in [0.1, 0.15) is 23.9 Å². The van der Waals surface area contributed by atoms with Crippen molar-refractivity contribution in [1.82, 2.24) is 9.13 Å². The Hall–Kier alpha value is -1.60. The van der Waals surface area contributed by atoms with Crippen LogP contribution in [-0.2, 0) is 9.47 Å². The number of aryl methyl sites for hydroxylation is 2. The summed E-state index contributed by atoms with van der Waals surface area (Å²) in [6.07, 6.45) is -2.52. The number of aliphatic hydroxyl groups is 2. The van der Waals surface area contributed by atoms with Gasteiger partial charge in [-0.05, 0) is 52.0 Å². The average Bonchev–Trinajstić information content (AvgIpc) is 3.24. The van der Waals surface area contributed by atoms with Gasteiger partial charge in [-0.15, -0.1) is 0 Å². The highest BCUT2D eigenvalue weighted by molar-refractivity contribution is 5.38. The molecule has 146 valence electrons. The number of nitrogens with zero attached hydrogens (tertiary/aromatic N) is 2. The zero-order valence-electron chi connectivity index (χ0n) is 16.5. The monoisotopic (exact) mass is 372 g/mol. The van der Waals surface area contributed by atoms with E-state index < -0.39 is 23.9 Å². The van der Waals surface area contributed by atoms with E-state index in [9.17, 15) is 10.2 Å². The number of aromatic nitrogens is 2. The first-order valence-corrected chi connectivity index (χ1v) is 9.76. The Bertz CT molecular complexity index is 900. The maximum Gasteiger partial charge on any atom is 0.133 e. The molecule has 6 nitrogen and oxygen atoms in total. The van der Waals surface area contributed by atoms with Gasteiger partial charge in [0.05, 0.1) is 29.8 Å². The van der Waals surface area contributed by atoms with E-state index in [0.717, 1.165) is 17.1 Å². The molecular formula is C21H28N2O4. The Morgan fingerprint density at radius 2 is 1.74 bits per heavy atom. The molecule has 2 N–H and O–H groups in total. The van der Waals surface area contributed by atoms with Gasteiger partial charge in [-0.1, -0.05) is 0 Å². The largest absolute Gasteiger partial charge is 0.390 e. The lowest BCUT2D eigenvalue weighted by molar-refractivity contribution is -0.208. The van der Waals surface area contributed by atoms with Crippen molar-refractivity contribution in [2.45, 2.75) is 75.7 Å². The van der Waals surface area contributed by atoms with E-state index >= 15 is 0 Å². The maximum atomic E-state index is 11.5. The minimum absolute atomic E-state index is 0.0104. The van der Waals surface area contributed by atoms with Crippen LogP contribution in [-0.4, -0.2) is 50.4 Å². The number of hydrogen-bond donors (Lipinski definition) is 2. The van der Waals surface area contributed by atoms with Gasteiger partial charge in [-0.3, -0.25) is 0 Å². The van der Waals surface area contributed by atoms with Crippen LogP contribution in [0.5, 0.6) is 0 Å². The number of ether oxygens (including phenoxy) is 2. The van der Waals surface area contributed by atoms with Gasteiger partial charge >= 0.3 is 0 Å². The van der Waals surface area contributed by atoms with Crippen LogP contribution in [0, 0.1) is 13.8 Å². The van der Waals surface area contributed by atoms with Crippen LogP contribution in [0.25, 0.3) is 0 Å². The van der Waals surface area contributed by atoms with E-state index in [1.54, 1.807) is 14.0 Å². The molecule has 1 saturated heterocycles. The number of methoxy groups -OCH3 is 1. The number of hydrogen-bond acceptors (Lipinski definition) is 4. The summed E-state index contributed by atoms with van der Waals surface area (Å²) < 4.78 is 17.0. The van der Waals surface area contributed by atoms with Crippen molar-refractivity contribution in [3.8, 4) is 0 Å². The molecule has 0 amide bonds. The standard InChI is InChI=1S/C21H28N2O4/c1-10-6-8-14-16-17-18(12(3)22(10)14)27-21(16,13(4)24)20(25)19(26-5)15-9-7-11(2)23(15)17/h6-9,12-13,16-20,24-25H,1-5H3/t12-,13+,16+,17+,18-,19+,20-,21+/m1/s1. The first-order valence-electron chi connectivity index (χ1n) is 9.76. The van der Waals surface area contributed by atoms with Crippen molar-refractivity contribution in [3.63, 3.8) is 0 Å². The molecule has 0 spiro atoms. The first kappa shape index (κ1) is 17.5. The van der Waals surface area contributed by atoms with Crippen molar-refractivity contribution >= 4 is 0 Å². The summed E-state index contributed by atoms with van der Waals surface area (Å²) in [4.78, 5) is 0. The van der Waals surface area contributed by atoms with E-state index in [0.29, 0.717) is 0 Å². The Balaban J connectivity index is 1.86. The average molecular weight is 372 g/mol. The predicted molar refractivity (Wildman–Crippen MR) is 99.9 cm³/mol. The summed E-state index contributed by atoms with van der Waals surface area (Å²) in [5.74, 6) is -0.160. The van der Waals surface area contributed by atoms with Gasteiger partial charge in [0.15, 0.2) is 0 Å². The van der Waals surface area contributed by atoms with E-state index in [-0.39, 0.29) is 24.1 Å². The molecule has 2 aromatic heterocycles. The molecule has 0 radical (unpaired) electrons. The van der Waals surface area contributed by atoms with E-state index in [4.69, 9.17) is 9.47 Å². The van der Waals surface area contributed by atoms with Crippen LogP contribution in [0.15, 0.2) is 24.3 Å². The third kappa shape index (κ3) is 1.85. The van der Waals surface area contributed by atoms with E-state index in [1.807, 2.05) is 6.07 Å². The normalized spacial score (nSPS) is 40.4. The van der Waals surface area contributed by atoms with Crippen LogP contribution < -0.4 is 0 Å². The minimum atomic E-state index is -1.12. The highest BCUT2D eigenvalue weighted by Crippen LogP contribution is 2.62. The van der Waals surface area contributed by atoms with Crippen molar-refractivity contribution in [1.29, 1.82) is 0 Å². The molecule has 0 saturated carbocycles. The van der Waals surface area contributed by atoms with Crippen LogP contribution in [0.1, 0.15) is 60.7 Å². The Kier molecular flexibility index (Phi) is 3.55. The summed E-state index contributed by atoms with van der Waals surface area (Å²) in [5, 5.41) is 22.5. The van der Waals surface area contributed by atoms with Gasteiger partial charge in [0.25, 0.3) is 0 Å². The zero-order chi connectivity index (χ0) is 19.2. The van der Waals surface area contributed by atoms with Crippen molar-refractivity contribution in [3.05, 3.63) is 47.0 Å². The molecule has 6 heteroatoms. The SMILES string of the molecule is CO[C@H]1c2ccc(C)n2[C@@H]2[C@@H]3O[C@]([C@H](C)O)([C@@H]1O)[C@H]2c1ccc(C)n1[C@@H]3C. The van der Waals surface area contributed by atoms with Crippen molar-refractivity contribution in [2.75, 3.05) is 7.11 Å². The molecule has 0 aromatic carbocycles. The van der Waals surface area contributed by atoms with Crippen molar-refractivity contribution < 1.29 is 19.7 Å². The van der Waals surface area contributed by atoms with E-state index in [2.05, 4.69) is 48.1 Å². The lowest BCUT2D eigenvalue weighted by atomic mass is 9.72. The molecule has 27 heavy (non-hydrogen) atoms. The third-order valence-corrected chi connectivity index (χ3v) is 7.26. The number of aliphatic hydroxyl groups excluding tert-OH is 2. The second kappa shape index (κ2) is 5.47. The van der Waals surface area contributed by atoms with Crippen molar-refractivity contribution in [2.24, 2.45) is 0 Å². The lowest BCUT2D eigenvalue weighted by Gasteiger charge is -2.42. The Labute approximate surface area is 159 Å². The summed E-state index contributed by atoms with van der Waals surface area (Å²) in [6, 6.07) is 8.48. The molecule has 1 fully saturated rings. The molecular weight excluding hydrogens is 344 g/mol. The van der Waals surface area contributed by atoms with Crippen LogP contribution in [0.2, 0.25) is 0 Å². The summed E-state index contributed by atoms with van der Waals surface area (Å²) in [5.41, 5.74) is 3.26. The van der Waals surface area contributed by atoms with Gasteiger partial charge in [0.2, 0.25) is 0 Å². The fourth-order valence-electron chi connectivity index (χ4n) is 6.16.